The topological polar surface area (TPSA) is 81.5 Å². The second kappa shape index (κ2) is 6.53. The number of nitrogens with zero attached hydrogens (tertiary/aromatic N) is 1. The van der Waals surface area contributed by atoms with Gasteiger partial charge in [0.2, 0.25) is 0 Å². The lowest BCUT2D eigenvalue weighted by molar-refractivity contribution is -0.385. The minimum Gasteiger partial charge on any atom is -0.381 e. The van der Waals surface area contributed by atoms with Crippen molar-refractivity contribution in [2.75, 3.05) is 18.5 Å². The number of benzene rings is 1. The molecule has 0 radical (unpaired) electrons. The van der Waals surface area contributed by atoms with Gasteiger partial charge in [0.15, 0.2) is 0 Å². The SMILES string of the molecule is Cc1cccc([N+](=O)[O-])c1C(=O)NC1(CBr)CCOCC1. The van der Waals surface area contributed by atoms with Crippen molar-refractivity contribution in [3.8, 4) is 0 Å². The molecule has 0 atom stereocenters. The summed E-state index contributed by atoms with van der Waals surface area (Å²) in [6.45, 7) is 2.84. The average molecular weight is 357 g/mol. The van der Waals surface area contributed by atoms with Crippen molar-refractivity contribution in [1.82, 2.24) is 5.32 Å². The highest BCUT2D eigenvalue weighted by atomic mass is 79.9. The molecule has 7 heteroatoms. The Morgan fingerprint density at radius 2 is 2.14 bits per heavy atom. The number of nitro benzene ring substituents is 1. The van der Waals surface area contributed by atoms with Crippen LogP contribution in [0.25, 0.3) is 0 Å². The van der Waals surface area contributed by atoms with Crippen molar-refractivity contribution < 1.29 is 14.5 Å². The van der Waals surface area contributed by atoms with Crippen LogP contribution in [0.15, 0.2) is 18.2 Å². The first-order valence-corrected chi connectivity index (χ1v) is 7.81. The molecule has 1 aromatic carbocycles. The molecule has 1 heterocycles. The quantitative estimate of drug-likeness (QED) is 0.510. The van der Waals surface area contributed by atoms with Gasteiger partial charge in [-0.1, -0.05) is 28.1 Å². The van der Waals surface area contributed by atoms with E-state index in [4.69, 9.17) is 4.74 Å². The summed E-state index contributed by atoms with van der Waals surface area (Å²) in [5, 5.41) is 14.7. The molecule has 0 unspecified atom stereocenters. The van der Waals surface area contributed by atoms with E-state index >= 15 is 0 Å². The monoisotopic (exact) mass is 356 g/mol. The Labute approximate surface area is 131 Å². The second-order valence-corrected chi connectivity index (χ2v) is 5.77. The van der Waals surface area contributed by atoms with Crippen LogP contribution in [0.4, 0.5) is 5.69 Å². The van der Waals surface area contributed by atoms with Crippen molar-refractivity contribution in [2.45, 2.75) is 25.3 Å². The second-order valence-electron chi connectivity index (χ2n) is 5.21. The van der Waals surface area contributed by atoms with Gasteiger partial charge in [-0.05, 0) is 25.3 Å². The first-order valence-electron chi connectivity index (χ1n) is 6.69. The molecular formula is C14H17BrN2O4. The number of rotatable bonds is 4. The third kappa shape index (κ3) is 3.41. The number of amides is 1. The zero-order valence-corrected chi connectivity index (χ0v) is 13.3. The number of carbonyl (C=O) groups is 1. The molecule has 1 aliphatic rings. The van der Waals surface area contributed by atoms with Gasteiger partial charge >= 0.3 is 0 Å². The van der Waals surface area contributed by atoms with Crippen molar-refractivity contribution in [3.05, 3.63) is 39.4 Å². The van der Waals surface area contributed by atoms with Crippen molar-refractivity contribution in [2.24, 2.45) is 0 Å². The zero-order valence-electron chi connectivity index (χ0n) is 11.7. The van der Waals surface area contributed by atoms with Crippen LogP contribution in [0, 0.1) is 17.0 Å². The van der Waals surface area contributed by atoms with Crippen molar-refractivity contribution in [1.29, 1.82) is 0 Å². The number of nitro groups is 1. The smallest absolute Gasteiger partial charge is 0.282 e. The molecule has 0 aromatic heterocycles. The van der Waals surface area contributed by atoms with Gasteiger partial charge < -0.3 is 10.1 Å². The standard InChI is InChI=1S/C14H17BrN2O4/c1-10-3-2-4-11(17(19)20)12(10)13(18)16-14(9-15)5-7-21-8-6-14/h2-4H,5-9H2,1H3,(H,16,18). The van der Waals surface area contributed by atoms with Crippen LogP contribution in [0.1, 0.15) is 28.8 Å². The van der Waals surface area contributed by atoms with E-state index < -0.39 is 16.4 Å². The molecule has 6 nitrogen and oxygen atoms in total. The van der Waals surface area contributed by atoms with Gasteiger partial charge in [0.1, 0.15) is 5.56 Å². The summed E-state index contributed by atoms with van der Waals surface area (Å²) in [7, 11) is 0. The lowest BCUT2D eigenvalue weighted by Crippen LogP contribution is -2.53. The van der Waals surface area contributed by atoms with Crippen molar-refractivity contribution in [3.63, 3.8) is 0 Å². The maximum absolute atomic E-state index is 12.5. The predicted molar refractivity (Wildman–Crippen MR) is 81.9 cm³/mol. The molecule has 0 aliphatic carbocycles. The number of aryl methyl sites for hydroxylation is 1. The highest BCUT2D eigenvalue weighted by molar-refractivity contribution is 9.09. The van der Waals surface area contributed by atoms with Crippen LogP contribution >= 0.6 is 15.9 Å². The van der Waals surface area contributed by atoms with Crippen LogP contribution in [-0.2, 0) is 4.74 Å². The minimum atomic E-state index is -0.521. The lowest BCUT2D eigenvalue weighted by atomic mass is 9.91. The highest BCUT2D eigenvalue weighted by Gasteiger charge is 2.35. The maximum Gasteiger partial charge on any atom is 0.282 e. The van der Waals surface area contributed by atoms with E-state index in [9.17, 15) is 14.9 Å². The normalized spacial score (nSPS) is 17.2. The van der Waals surface area contributed by atoms with Crippen LogP contribution in [-0.4, -0.2) is 34.9 Å². The van der Waals surface area contributed by atoms with Gasteiger partial charge in [0, 0.05) is 24.6 Å². The van der Waals surface area contributed by atoms with E-state index in [0.717, 1.165) is 0 Å². The van der Waals surface area contributed by atoms with E-state index in [1.54, 1.807) is 19.1 Å². The molecule has 1 aromatic rings. The molecule has 0 bridgehead atoms. The summed E-state index contributed by atoms with van der Waals surface area (Å²) < 4.78 is 5.32. The zero-order chi connectivity index (χ0) is 15.5. The number of carbonyl (C=O) groups excluding carboxylic acids is 1. The fourth-order valence-electron chi connectivity index (χ4n) is 2.46. The summed E-state index contributed by atoms with van der Waals surface area (Å²) >= 11 is 3.43. The van der Waals surface area contributed by atoms with Crippen LogP contribution in [0.2, 0.25) is 0 Å². The summed E-state index contributed by atoms with van der Waals surface area (Å²) in [6.07, 6.45) is 1.37. The maximum atomic E-state index is 12.5. The van der Waals surface area contributed by atoms with Gasteiger partial charge in [-0.25, -0.2) is 0 Å². The number of halogens is 1. The number of hydrogen-bond acceptors (Lipinski definition) is 4. The molecule has 1 fully saturated rings. The third-order valence-corrected chi connectivity index (χ3v) is 4.83. The summed E-state index contributed by atoms with van der Waals surface area (Å²) in [6, 6.07) is 4.64. The van der Waals surface area contributed by atoms with Gasteiger partial charge in [-0.2, -0.15) is 0 Å². The first-order chi connectivity index (χ1) is 9.99. The lowest BCUT2D eigenvalue weighted by Gasteiger charge is -2.36. The van der Waals surface area contributed by atoms with Gasteiger partial charge in [0.05, 0.1) is 10.5 Å². The minimum absolute atomic E-state index is 0.134. The fraction of sp³-hybridized carbons (Fsp3) is 0.500. The largest absolute Gasteiger partial charge is 0.381 e. The van der Waals surface area contributed by atoms with Crippen LogP contribution in [0.3, 0.4) is 0 Å². The fourth-order valence-corrected chi connectivity index (χ4v) is 3.16. The highest BCUT2D eigenvalue weighted by Crippen LogP contribution is 2.26. The molecule has 1 N–H and O–H groups in total. The molecule has 2 rings (SSSR count). The Kier molecular flexibility index (Phi) is 4.95. The number of ether oxygens (including phenoxy) is 1. The summed E-state index contributed by atoms with van der Waals surface area (Å²) in [5.74, 6) is -0.402. The Hall–Kier alpha value is -1.47. The van der Waals surface area contributed by atoms with Gasteiger partial charge in [0.25, 0.3) is 11.6 Å². The molecule has 1 amide bonds. The van der Waals surface area contributed by atoms with Crippen LogP contribution < -0.4 is 5.32 Å². The molecule has 0 spiro atoms. The third-order valence-electron chi connectivity index (χ3n) is 3.76. The Morgan fingerprint density at radius 3 is 2.71 bits per heavy atom. The molecular weight excluding hydrogens is 340 g/mol. The summed E-state index contributed by atoms with van der Waals surface area (Å²) in [5.41, 5.74) is 0.156. The Bertz CT molecular complexity index is 556. The molecule has 114 valence electrons. The van der Waals surface area contributed by atoms with Gasteiger partial charge in [-0.3, -0.25) is 14.9 Å². The van der Waals surface area contributed by atoms with Crippen molar-refractivity contribution >= 4 is 27.5 Å². The summed E-state index contributed by atoms with van der Waals surface area (Å²) in [4.78, 5) is 23.1. The Morgan fingerprint density at radius 1 is 1.48 bits per heavy atom. The first kappa shape index (κ1) is 15.9. The molecule has 0 saturated carbocycles. The van der Waals surface area contributed by atoms with E-state index in [2.05, 4.69) is 21.2 Å². The molecule has 1 aliphatic heterocycles. The number of nitrogens with one attached hydrogen (secondary N) is 1. The predicted octanol–water partition coefficient (Wildman–Crippen LogP) is 2.58. The van der Waals surface area contributed by atoms with E-state index in [1.807, 2.05) is 0 Å². The van der Waals surface area contributed by atoms with E-state index in [-0.39, 0.29) is 11.3 Å². The number of hydrogen-bond donors (Lipinski definition) is 1. The number of alkyl halides is 1. The Balaban J connectivity index is 2.30. The van der Waals surface area contributed by atoms with E-state index in [1.165, 1.54) is 6.07 Å². The van der Waals surface area contributed by atoms with Crippen LogP contribution in [0.5, 0.6) is 0 Å². The molecule has 1 saturated heterocycles. The van der Waals surface area contributed by atoms with E-state index in [0.29, 0.717) is 36.9 Å². The average Bonchev–Trinajstić information content (AvgIpc) is 2.47. The van der Waals surface area contributed by atoms with Gasteiger partial charge in [-0.15, -0.1) is 0 Å². The molecule has 21 heavy (non-hydrogen) atoms.